The molecule has 5 nitrogen and oxygen atoms in total. The van der Waals surface area contributed by atoms with E-state index in [0.29, 0.717) is 5.82 Å². The van der Waals surface area contributed by atoms with E-state index in [1.54, 1.807) is 14.2 Å². The Labute approximate surface area is 107 Å². The highest BCUT2D eigenvalue weighted by atomic mass is 79.9. The Balaban J connectivity index is 2.33. The Hall–Kier alpha value is -1.56. The summed E-state index contributed by atoms with van der Waals surface area (Å²) in [6.45, 7) is 0. The fourth-order valence-corrected chi connectivity index (χ4v) is 2.22. The van der Waals surface area contributed by atoms with Crippen LogP contribution in [0.5, 0.6) is 5.75 Å². The van der Waals surface area contributed by atoms with Crippen LogP contribution in [0.3, 0.4) is 0 Å². The highest BCUT2D eigenvalue weighted by Crippen LogP contribution is 2.29. The maximum atomic E-state index is 11.3. The summed E-state index contributed by atoms with van der Waals surface area (Å²) in [5, 5.41) is 6.39. The predicted octanol–water partition coefficient (Wildman–Crippen LogP) is 1.60. The van der Waals surface area contributed by atoms with Crippen molar-refractivity contribution in [1.29, 1.82) is 0 Å². The molecule has 1 aromatic carbocycles. The predicted molar refractivity (Wildman–Crippen MR) is 67.6 cm³/mol. The van der Waals surface area contributed by atoms with Gasteiger partial charge in [0.25, 0.3) is 0 Å². The number of nitrogens with zero attached hydrogens (tertiary/aromatic N) is 2. The Morgan fingerprint density at radius 1 is 1.41 bits per heavy atom. The molecule has 17 heavy (non-hydrogen) atoms. The SMILES string of the molecule is COc1ccc(C(Br)c2n[nH]c(=O)n2C)cc1. The molecule has 0 aliphatic heterocycles. The van der Waals surface area contributed by atoms with Crippen molar-refractivity contribution in [2.75, 3.05) is 7.11 Å². The highest BCUT2D eigenvalue weighted by Gasteiger charge is 2.16. The quantitative estimate of drug-likeness (QED) is 0.876. The Morgan fingerprint density at radius 2 is 2.06 bits per heavy atom. The first-order valence-corrected chi connectivity index (χ1v) is 5.94. The molecule has 1 unspecified atom stereocenters. The lowest BCUT2D eigenvalue weighted by Crippen LogP contribution is -2.15. The number of rotatable bonds is 3. The lowest BCUT2D eigenvalue weighted by molar-refractivity contribution is 0.414. The summed E-state index contributed by atoms with van der Waals surface area (Å²) in [6, 6.07) is 7.59. The fraction of sp³-hybridized carbons (Fsp3) is 0.273. The van der Waals surface area contributed by atoms with Gasteiger partial charge in [0.1, 0.15) is 5.75 Å². The van der Waals surface area contributed by atoms with E-state index >= 15 is 0 Å². The summed E-state index contributed by atoms with van der Waals surface area (Å²) in [4.78, 5) is 11.2. The second kappa shape index (κ2) is 4.75. The van der Waals surface area contributed by atoms with Crippen molar-refractivity contribution in [3.63, 3.8) is 0 Å². The van der Waals surface area contributed by atoms with Gasteiger partial charge < -0.3 is 4.74 Å². The van der Waals surface area contributed by atoms with Crippen LogP contribution in [0.2, 0.25) is 0 Å². The third-order valence-electron chi connectivity index (χ3n) is 2.55. The van der Waals surface area contributed by atoms with E-state index in [1.807, 2.05) is 24.3 Å². The lowest BCUT2D eigenvalue weighted by atomic mass is 10.1. The molecule has 2 aromatic rings. The average molecular weight is 298 g/mol. The molecule has 2 rings (SSSR count). The number of aromatic nitrogens is 3. The van der Waals surface area contributed by atoms with Crippen LogP contribution in [-0.2, 0) is 7.05 Å². The molecule has 0 aliphatic rings. The van der Waals surface area contributed by atoms with Crippen LogP contribution >= 0.6 is 15.9 Å². The number of hydrogen-bond acceptors (Lipinski definition) is 3. The minimum atomic E-state index is -0.224. The van der Waals surface area contributed by atoms with Gasteiger partial charge in [0.15, 0.2) is 5.82 Å². The molecule has 0 saturated carbocycles. The van der Waals surface area contributed by atoms with E-state index < -0.39 is 0 Å². The first-order chi connectivity index (χ1) is 8.13. The Morgan fingerprint density at radius 3 is 2.53 bits per heavy atom. The maximum absolute atomic E-state index is 11.3. The van der Waals surface area contributed by atoms with Gasteiger partial charge in [-0.3, -0.25) is 4.57 Å². The first-order valence-electron chi connectivity index (χ1n) is 5.03. The standard InChI is InChI=1S/C11H12BrN3O2/c1-15-10(13-14-11(15)16)9(12)7-3-5-8(17-2)6-4-7/h3-6,9H,1-2H3,(H,14,16). The zero-order valence-corrected chi connectivity index (χ0v) is 11.1. The first kappa shape index (κ1) is 11.9. The number of halogens is 1. The molecule has 1 aromatic heterocycles. The number of ether oxygens (including phenoxy) is 1. The van der Waals surface area contributed by atoms with Crippen LogP contribution < -0.4 is 10.4 Å². The Bertz CT molecular complexity index is 559. The van der Waals surface area contributed by atoms with Gasteiger partial charge in [0.2, 0.25) is 0 Å². The monoisotopic (exact) mass is 297 g/mol. The van der Waals surface area contributed by atoms with Crippen LogP contribution in [0, 0.1) is 0 Å². The molecule has 1 heterocycles. The largest absolute Gasteiger partial charge is 0.497 e. The van der Waals surface area contributed by atoms with Crippen LogP contribution in [-0.4, -0.2) is 21.9 Å². The molecule has 0 aliphatic carbocycles. The van der Waals surface area contributed by atoms with Crippen molar-refractivity contribution in [2.24, 2.45) is 7.05 Å². The molecule has 0 radical (unpaired) electrons. The topological polar surface area (TPSA) is 59.9 Å². The second-order valence-corrected chi connectivity index (χ2v) is 4.50. The number of aromatic amines is 1. The summed E-state index contributed by atoms with van der Waals surface area (Å²) >= 11 is 3.52. The summed E-state index contributed by atoms with van der Waals surface area (Å²) < 4.78 is 6.57. The zero-order chi connectivity index (χ0) is 12.4. The number of methoxy groups -OCH3 is 1. The second-order valence-electron chi connectivity index (χ2n) is 3.58. The Kier molecular flexibility index (Phi) is 3.33. The van der Waals surface area contributed by atoms with Crippen molar-refractivity contribution >= 4 is 15.9 Å². The minimum absolute atomic E-state index is 0.127. The third-order valence-corrected chi connectivity index (χ3v) is 3.49. The smallest absolute Gasteiger partial charge is 0.343 e. The molecule has 1 atom stereocenters. The number of benzene rings is 1. The number of alkyl halides is 1. The van der Waals surface area contributed by atoms with Gasteiger partial charge >= 0.3 is 5.69 Å². The normalized spacial score (nSPS) is 12.4. The van der Waals surface area contributed by atoms with Gasteiger partial charge in [-0.15, -0.1) is 0 Å². The summed E-state index contributed by atoms with van der Waals surface area (Å²) in [6.07, 6.45) is 0. The molecule has 0 bridgehead atoms. The zero-order valence-electron chi connectivity index (χ0n) is 9.48. The molecule has 1 N–H and O–H groups in total. The van der Waals surface area contributed by atoms with E-state index in [9.17, 15) is 4.79 Å². The molecule has 0 saturated heterocycles. The van der Waals surface area contributed by atoms with Gasteiger partial charge in [-0.05, 0) is 17.7 Å². The van der Waals surface area contributed by atoms with Gasteiger partial charge in [0, 0.05) is 7.05 Å². The number of hydrogen-bond donors (Lipinski definition) is 1. The van der Waals surface area contributed by atoms with Gasteiger partial charge in [-0.1, -0.05) is 28.1 Å². The molecule has 0 fully saturated rings. The van der Waals surface area contributed by atoms with Crippen molar-refractivity contribution in [3.8, 4) is 5.75 Å². The maximum Gasteiger partial charge on any atom is 0.343 e. The fourth-order valence-electron chi connectivity index (χ4n) is 1.51. The molecule has 90 valence electrons. The van der Waals surface area contributed by atoms with Crippen LogP contribution in [0.4, 0.5) is 0 Å². The van der Waals surface area contributed by atoms with Crippen molar-refractivity contribution < 1.29 is 4.74 Å². The van der Waals surface area contributed by atoms with Crippen molar-refractivity contribution in [1.82, 2.24) is 14.8 Å². The third kappa shape index (κ3) is 2.26. The summed E-state index contributed by atoms with van der Waals surface area (Å²) in [7, 11) is 3.30. The van der Waals surface area contributed by atoms with Crippen molar-refractivity contribution in [2.45, 2.75) is 4.83 Å². The number of nitrogens with one attached hydrogen (secondary N) is 1. The lowest BCUT2D eigenvalue weighted by Gasteiger charge is -2.09. The average Bonchev–Trinajstić information content (AvgIpc) is 2.69. The molecule has 6 heteroatoms. The molecule has 0 spiro atoms. The van der Waals surface area contributed by atoms with Gasteiger partial charge in [-0.2, -0.15) is 5.10 Å². The summed E-state index contributed by atoms with van der Waals surface area (Å²) in [5.74, 6) is 1.43. The van der Waals surface area contributed by atoms with Crippen LogP contribution in [0.15, 0.2) is 29.1 Å². The van der Waals surface area contributed by atoms with E-state index in [-0.39, 0.29) is 10.5 Å². The van der Waals surface area contributed by atoms with Crippen molar-refractivity contribution in [3.05, 3.63) is 46.1 Å². The van der Waals surface area contributed by atoms with Crippen LogP contribution in [0.25, 0.3) is 0 Å². The van der Waals surface area contributed by atoms with E-state index in [1.165, 1.54) is 4.57 Å². The van der Waals surface area contributed by atoms with Crippen LogP contribution in [0.1, 0.15) is 16.2 Å². The number of H-pyrrole nitrogens is 1. The highest BCUT2D eigenvalue weighted by molar-refractivity contribution is 9.09. The minimum Gasteiger partial charge on any atom is -0.497 e. The van der Waals surface area contributed by atoms with Gasteiger partial charge in [0.05, 0.1) is 11.9 Å². The molecular weight excluding hydrogens is 286 g/mol. The van der Waals surface area contributed by atoms with E-state index in [0.717, 1.165) is 11.3 Å². The molecular formula is C11H12BrN3O2. The van der Waals surface area contributed by atoms with Gasteiger partial charge in [-0.25, -0.2) is 9.89 Å². The van der Waals surface area contributed by atoms with E-state index in [2.05, 4.69) is 26.1 Å². The molecule has 0 amide bonds. The summed E-state index contributed by atoms with van der Waals surface area (Å²) in [5.41, 5.74) is 0.783. The van der Waals surface area contributed by atoms with E-state index in [4.69, 9.17) is 4.74 Å².